The lowest BCUT2D eigenvalue weighted by Crippen LogP contribution is -2.20. The van der Waals surface area contributed by atoms with Crippen LogP contribution >= 0.6 is 27.5 Å². The molecule has 1 rings (SSSR count). The summed E-state index contributed by atoms with van der Waals surface area (Å²) in [4.78, 5) is 3.78. The summed E-state index contributed by atoms with van der Waals surface area (Å²) in [6, 6.07) is 1.49. The normalized spacial score (nSPS) is 15.1. The first-order valence-electron chi connectivity index (χ1n) is 3.89. The van der Waals surface area contributed by atoms with Gasteiger partial charge in [-0.1, -0.05) is 27.5 Å². The fourth-order valence-electron chi connectivity index (χ4n) is 0.994. The molecule has 4 N–H and O–H groups in total. The van der Waals surface area contributed by atoms with Gasteiger partial charge in [0.15, 0.2) is 0 Å². The number of nitrogens with zero attached hydrogens (tertiary/aromatic N) is 1. The molecule has 0 spiro atoms. The maximum absolute atomic E-state index is 9.64. The second-order valence-corrected chi connectivity index (χ2v) is 3.88. The zero-order chi connectivity index (χ0) is 10.7. The molecule has 0 amide bonds. The number of pyridine rings is 1. The summed E-state index contributed by atoms with van der Waals surface area (Å²) >= 11 is 8.74. The van der Waals surface area contributed by atoms with Crippen LogP contribution < -0.4 is 5.73 Å². The molecule has 0 aliphatic heterocycles. The summed E-state index contributed by atoms with van der Waals surface area (Å²) in [6.07, 6.45) is -0.633. The summed E-state index contributed by atoms with van der Waals surface area (Å²) in [6.45, 7) is 0. The molecule has 0 aliphatic rings. The van der Waals surface area contributed by atoms with Crippen LogP contribution in [0.2, 0.25) is 5.02 Å². The first kappa shape index (κ1) is 11.7. The van der Waals surface area contributed by atoms with Gasteiger partial charge in [0.05, 0.1) is 11.1 Å². The molecule has 78 valence electrons. The number of nitrogen functional groups attached to an aromatic ring is 1. The van der Waals surface area contributed by atoms with Crippen molar-refractivity contribution in [1.29, 1.82) is 0 Å². The Morgan fingerprint density at radius 1 is 1.57 bits per heavy atom. The smallest absolute Gasteiger partial charge is 0.129 e. The van der Waals surface area contributed by atoms with E-state index >= 15 is 0 Å². The SMILES string of the molecule is Nc1ncc(Cl)cc1C(O)C(O)CBr. The van der Waals surface area contributed by atoms with Crippen LogP contribution in [0.5, 0.6) is 0 Å². The molecular weight excluding hydrogens is 271 g/mol. The minimum absolute atomic E-state index is 0.168. The largest absolute Gasteiger partial charge is 0.389 e. The minimum Gasteiger partial charge on any atom is -0.389 e. The number of hydrogen-bond acceptors (Lipinski definition) is 4. The highest BCUT2D eigenvalue weighted by Gasteiger charge is 2.20. The summed E-state index contributed by atoms with van der Waals surface area (Å²) in [7, 11) is 0. The summed E-state index contributed by atoms with van der Waals surface area (Å²) in [5, 5.41) is 19.6. The Morgan fingerprint density at radius 2 is 2.21 bits per heavy atom. The number of halogens is 2. The van der Waals surface area contributed by atoms with Gasteiger partial charge in [0.1, 0.15) is 11.9 Å². The molecule has 4 nitrogen and oxygen atoms in total. The quantitative estimate of drug-likeness (QED) is 0.725. The number of anilines is 1. The van der Waals surface area contributed by atoms with Crippen molar-refractivity contribution in [3.63, 3.8) is 0 Å². The van der Waals surface area contributed by atoms with Crippen molar-refractivity contribution in [2.75, 3.05) is 11.1 Å². The van der Waals surface area contributed by atoms with Gasteiger partial charge in [0, 0.05) is 17.1 Å². The van der Waals surface area contributed by atoms with Crippen LogP contribution in [0.1, 0.15) is 11.7 Å². The molecule has 0 radical (unpaired) electrons. The van der Waals surface area contributed by atoms with Gasteiger partial charge in [-0.3, -0.25) is 0 Å². The van der Waals surface area contributed by atoms with E-state index in [1.54, 1.807) is 0 Å². The lowest BCUT2D eigenvalue weighted by atomic mass is 10.1. The molecule has 14 heavy (non-hydrogen) atoms. The Balaban J connectivity index is 2.99. The zero-order valence-corrected chi connectivity index (χ0v) is 9.53. The van der Waals surface area contributed by atoms with Crippen LogP contribution in [0, 0.1) is 0 Å². The fourth-order valence-corrected chi connectivity index (χ4v) is 1.51. The Morgan fingerprint density at radius 3 is 2.79 bits per heavy atom. The average molecular weight is 282 g/mol. The third kappa shape index (κ3) is 2.57. The van der Waals surface area contributed by atoms with Gasteiger partial charge in [-0.05, 0) is 6.07 Å². The maximum Gasteiger partial charge on any atom is 0.129 e. The number of alkyl halides is 1. The van der Waals surface area contributed by atoms with E-state index in [0.29, 0.717) is 10.6 Å². The molecule has 0 aromatic carbocycles. The summed E-state index contributed by atoms with van der Waals surface area (Å²) in [5.74, 6) is 0.168. The van der Waals surface area contributed by atoms with Crippen molar-refractivity contribution >= 4 is 33.3 Å². The van der Waals surface area contributed by atoms with Crippen LogP contribution in [-0.2, 0) is 0 Å². The number of hydrogen-bond donors (Lipinski definition) is 3. The first-order valence-corrected chi connectivity index (χ1v) is 5.39. The van der Waals surface area contributed by atoms with Gasteiger partial charge in [-0.15, -0.1) is 0 Å². The molecule has 2 unspecified atom stereocenters. The second-order valence-electron chi connectivity index (χ2n) is 2.79. The topological polar surface area (TPSA) is 79.4 Å². The molecule has 0 saturated heterocycles. The second kappa shape index (κ2) is 4.93. The highest BCUT2D eigenvalue weighted by molar-refractivity contribution is 9.09. The number of nitrogens with two attached hydrogens (primary N) is 1. The third-order valence-corrected chi connectivity index (χ3v) is 2.63. The predicted octanol–water partition coefficient (Wildman–Crippen LogP) is 1.11. The highest BCUT2D eigenvalue weighted by atomic mass is 79.9. The molecule has 1 heterocycles. The van der Waals surface area contributed by atoms with Crippen LogP contribution in [0.25, 0.3) is 0 Å². The van der Waals surface area contributed by atoms with Gasteiger partial charge in [-0.2, -0.15) is 0 Å². The van der Waals surface area contributed by atoms with Crippen molar-refractivity contribution in [2.45, 2.75) is 12.2 Å². The maximum atomic E-state index is 9.64. The van der Waals surface area contributed by atoms with Crippen molar-refractivity contribution in [2.24, 2.45) is 0 Å². The number of aliphatic hydroxyl groups is 2. The molecule has 2 atom stereocenters. The minimum atomic E-state index is -1.08. The van der Waals surface area contributed by atoms with E-state index in [2.05, 4.69) is 20.9 Å². The van der Waals surface area contributed by atoms with Crippen LogP contribution in [0.3, 0.4) is 0 Å². The van der Waals surface area contributed by atoms with E-state index in [4.69, 9.17) is 17.3 Å². The van der Waals surface area contributed by atoms with E-state index in [1.165, 1.54) is 12.3 Å². The van der Waals surface area contributed by atoms with Gasteiger partial charge in [0.2, 0.25) is 0 Å². The van der Waals surface area contributed by atoms with Crippen molar-refractivity contribution in [3.8, 4) is 0 Å². The third-order valence-electron chi connectivity index (χ3n) is 1.76. The van der Waals surface area contributed by atoms with E-state index in [-0.39, 0.29) is 11.1 Å². The zero-order valence-electron chi connectivity index (χ0n) is 7.19. The van der Waals surface area contributed by atoms with Gasteiger partial charge in [-0.25, -0.2) is 4.98 Å². The van der Waals surface area contributed by atoms with Crippen molar-refractivity contribution in [3.05, 3.63) is 22.8 Å². The lowest BCUT2D eigenvalue weighted by Gasteiger charge is -2.17. The molecular formula is C8H10BrClN2O2. The van der Waals surface area contributed by atoms with Gasteiger partial charge < -0.3 is 15.9 Å². The van der Waals surface area contributed by atoms with Crippen LogP contribution in [0.15, 0.2) is 12.3 Å². The van der Waals surface area contributed by atoms with Crippen LogP contribution in [0.4, 0.5) is 5.82 Å². The summed E-state index contributed by atoms with van der Waals surface area (Å²) in [5.41, 5.74) is 5.86. The van der Waals surface area contributed by atoms with E-state index in [1.807, 2.05) is 0 Å². The fraction of sp³-hybridized carbons (Fsp3) is 0.375. The molecule has 1 aromatic rings. The highest BCUT2D eigenvalue weighted by Crippen LogP contribution is 2.25. The number of aliphatic hydroxyl groups excluding tert-OH is 2. The number of rotatable bonds is 3. The molecule has 0 saturated carbocycles. The molecule has 6 heteroatoms. The van der Waals surface area contributed by atoms with Gasteiger partial charge in [0.25, 0.3) is 0 Å². The monoisotopic (exact) mass is 280 g/mol. The summed E-state index contributed by atoms with van der Waals surface area (Å²) < 4.78 is 0. The molecule has 0 bridgehead atoms. The Hall–Kier alpha value is -0.360. The predicted molar refractivity (Wildman–Crippen MR) is 58.4 cm³/mol. The van der Waals surface area contributed by atoms with E-state index in [0.717, 1.165) is 0 Å². The average Bonchev–Trinajstić information content (AvgIpc) is 2.19. The van der Waals surface area contributed by atoms with Gasteiger partial charge >= 0.3 is 0 Å². The Labute approximate surface area is 94.8 Å². The standard InChI is InChI=1S/C8H10BrClN2O2/c9-2-6(13)7(14)5-1-4(10)3-12-8(5)11/h1,3,6-7,13-14H,2H2,(H2,11,12). The van der Waals surface area contributed by atoms with Crippen molar-refractivity contribution < 1.29 is 10.2 Å². The lowest BCUT2D eigenvalue weighted by molar-refractivity contribution is 0.0346. The van der Waals surface area contributed by atoms with E-state index < -0.39 is 12.2 Å². The number of aromatic nitrogens is 1. The molecule has 0 aliphatic carbocycles. The Bertz CT molecular complexity index is 324. The first-order chi connectivity index (χ1) is 6.56. The molecule has 0 fully saturated rings. The van der Waals surface area contributed by atoms with Crippen molar-refractivity contribution in [1.82, 2.24) is 4.98 Å². The van der Waals surface area contributed by atoms with E-state index in [9.17, 15) is 10.2 Å². The Kier molecular flexibility index (Phi) is 4.12. The van der Waals surface area contributed by atoms with Crippen LogP contribution in [-0.4, -0.2) is 26.6 Å². The molecule has 1 aromatic heterocycles.